The van der Waals surface area contributed by atoms with Gasteiger partial charge in [0.05, 0.1) is 19.8 Å². The first kappa shape index (κ1) is 17.4. The number of hydrogen-bond donors (Lipinski definition) is 1. The lowest BCUT2D eigenvalue weighted by molar-refractivity contribution is -0.136. The Morgan fingerprint density at radius 1 is 1.20 bits per heavy atom. The first-order valence-electron chi connectivity index (χ1n) is 7.84. The molecule has 1 aliphatic heterocycles. The van der Waals surface area contributed by atoms with Crippen molar-refractivity contribution < 1.29 is 14.3 Å². The van der Waals surface area contributed by atoms with Crippen molar-refractivity contribution in [3.8, 4) is 5.75 Å². The maximum atomic E-state index is 12.5. The molecule has 5 nitrogen and oxygen atoms in total. The summed E-state index contributed by atoms with van der Waals surface area (Å²) in [6.07, 6.45) is 1.94. The quantitative estimate of drug-likeness (QED) is 0.851. The molecule has 0 saturated heterocycles. The molecule has 0 amide bonds. The van der Waals surface area contributed by atoms with Crippen molar-refractivity contribution in [3.63, 3.8) is 0 Å². The van der Waals surface area contributed by atoms with Crippen molar-refractivity contribution in [1.29, 1.82) is 0 Å². The second-order valence-electron chi connectivity index (χ2n) is 5.60. The summed E-state index contributed by atoms with van der Waals surface area (Å²) >= 11 is 1.50. The van der Waals surface area contributed by atoms with E-state index in [2.05, 4.69) is 5.32 Å². The highest BCUT2D eigenvalue weighted by atomic mass is 32.2. The molecule has 0 spiro atoms. The zero-order chi connectivity index (χ0) is 18.0. The van der Waals surface area contributed by atoms with Gasteiger partial charge in [-0.25, -0.2) is 9.79 Å². The van der Waals surface area contributed by atoms with Crippen LogP contribution in [-0.2, 0) is 9.53 Å². The number of esters is 1. The Morgan fingerprint density at radius 3 is 2.64 bits per heavy atom. The predicted molar refractivity (Wildman–Crippen MR) is 102 cm³/mol. The van der Waals surface area contributed by atoms with Crippen LogP contribution < -0.4 is 10.1 Å². The number of amidine groups is 1. The molecule has 0 fully saturated rings. The number of allylic oxidation sites excluding steroid dienone is 1. The van der Waals surface area contributed by atoms with E-state index in [1.165, 1.54) is 18.9 Å². The summed E-state index contributed by atoms with van der Waals surface area (Å²) in [5.41, 5.74) is 2.11. The number of hydrogen-bond acceptors (Lipinski definition) is 6. The minimum atomic E-state index is -0.489. The fraction of sp³-hybridized carbons (Fsp3) is 0.263. The molecule has 130 valence electrons. The molecule has 6 heteroatoms. The summed E-state index contributed by atoms with van der Waals surface area (Å²) in [6, 6.07) is 11.4. The number of nitrogens with one attached hydrogen (secondary N) is 1. The molecule has 0 aliphatic carbocycles. The van der Waals surface area contributed by atoms with E-state index in [-0.39, 0.29) is 0 Å². The molecule has 25 heavy (non-hydrogen) atoms. The Balaban J connectivity index is 2.31. The van der Waals surface area contributed by atoms with Gasteiger partial charge in [-0.2, -0.15) is 0 Å². The topological polar surface area (TPSA) is 59.9 Å². The lowest BCUT2D eigenvalue weighted by Gasteiger charge is -2.27. The summed E-state index contributed by atoms with van der Waals surface area (Å²) in [5, 5.41) is 6.00. The number of fused-ring (bicyclic) bond motifs is 1. The lowest BCUT2D eigenvalue weighted by atomic mass is 9.91. The van der Waals surface area contributed by atoms with Crippen molar-refractivity contribution in [2.45, 2.75) is 13.0 Å². The normalized spacial score (nSPS) is 17.1. The fourth-order valence-electron chi connectivity index (χ4n) is 3.07. The second kappa shape index (κ2) is 7.19. The largest absolute Gasteiger partial charge is 0.496 e. The zero-order valence-electron chi connectivity index (χ0n) is 14.6. The highest BCUT2D eigenvalue weighted by Gasteiger charge is 2.32. The minimum Gasteiger partial charge on any atom is -0.496 e. The summed E-state index contributed by atoms with van der Waals surface area (Å²) in [5.74, 6) is 0.304. The summed E-state index contributed by atoms with van der Waals surface area (Å²) in [7, 11) is 3.01. The number of ether oxygens (including phenoxy) is 2. The number of methoxy groups -OCH3 is 2. The molecule has 2 aromatic carbocycles. The van der Waals surface area contributed by atoms with Gasteiger partial charge in [-0.15, -0.1) is 0 Å². The molecule has 1 aliphatic rings. The van der Waals surface area contributed by atoms with Gasteiger partial charge in [-0.3, -0.25) is 0 Å². The SMILES string of the molecule is COC(=O)C1=C(C)NC(SC)=N[C@H]1c1c(OC)ccc2ccccc12. The van der Waals surface area contributed by atoms with Gasteiger partial charge in [-0.1, -0.05) is 42.1 Å². The molecular weight excluding hydrogens is 336 g/mol. The highest BCUT2D eigenvalue weighted by molar-refractivity contribution is 8.13. The number of benzene rings is 2. The Morgan fingerprint density at radius 2 is 1.96 bits per heavy atom. The molecule has 3 rings (SSSR count). The van der Waals surface area contributed by atoms with Crippen LogP contribution in [0.15, 0.2) is 52.7 Å². The van der Waals surface area contributed by atoms with Gasteiger partial charge in [0.25, 0.3) is 0 Å². The smallest absolute Gasteiger partial charge is 0.338 e. The molecule has 0 saturated carbocycles. The molecule has 0 aromatic heterocycles. The number of aliphatic imine (C=N–C) groups is 1. The fourth-order valence-corrected chi connectivity index (χ4v) is 3.54. The van der Waals surface area contributed by atoms with Crippen LogP contribution in [0.25, 0.3) is 10.8 Å². The predicted octanol–water partition coefficient (Wildman–Crippen LogP) is 3.66. The number of nitrogens with zero attached hydrogens (tertiary/aromatic N) is 1. The van der Waals surface area contributed by atoms with Crippen molar-refractivity contribution in [3.05, 3.63) is 53.2 Å². The van der Waals surface area contributed by atoms with E-state index in [1.54, 1.807) is 7.11 Å². The number of carbonyl (C=O) groups is 1. The zero-order valence-corrected chi connectivity index (χ0v) is 15.4. The van der Waals surface area contributed by atoms with Gasteiger partial charge in [-0.05, 0) is 30.0 Å². The van der Waals surface area contributed by atoms with E-state index in [0.717, 1.165) is 27.2 Å². The standard InChI is InChI=1S/C19H20N2O3S/c1-11-15(18(22)24-3)17(21-19(20-11)25-4)16-13-8-6-5-7-12(13)9-10-14(16)23-2/h5-10,17H,1-4H3,(H,20,21)/t17-/m1/s1. The van der Waals surface area contributed by atoms with Crippen LogP contribution in [0.4, 0.5) is 0 Å². The molecule has 0 bridgehead atoms. The molecule has 2 aromatic rings. The summed E-state index contributed by atoms with van der Waals surface area (Å²) < 4.78 is 10.6. The van der Waals surface area contributed by atoms with Gasteiger partial charge < -0.3 is 14.8 Å². The molecule has 0 radical (unpaired) electrons. The number of thioether (sulfide) groups is 1. The maximum absolute atomic E-state index is 12.5. The van der Waals surface area contributed by atoms with Crippen LogP contribution in [0, 0.1) is 0 Å². The number of rotatable bonds is 3. The minimum absolute atomic E-state index is 0.395. The highest BCUT2D eigenvalue weighted by Crippen LogP contribution is 2.41. The van der Waals surface area contributed by atoms with Gasteiger partial charge in [0.2, 0.25) is 0 Å². The Kier molecular flexibility index (Phi) is 4.99. The van der Waals surface area contributed by atoms with Crippen LogP contribution >= 0.6 is 11.8 Å². The average Bonchev–Trinajstić information content (AvgIpc) is 2.65. The molecule has 0 unspecified atom stereocenters. The van der Waals surface area contributed by atoms with Crippen LogP contribution in [0.5, 0.6) is 5.75 Å². The Bertz CT molecular complexity index is 889. The van der Waals surface area contributed by atoms with Crippen LogP contribution in [0.1, 0.15) is 18.5 Å². The van der Waals surface area contributed by atoms with Crippen molar-refractivity contribution in [1.82, 2.24) is 5.32 Å². The maximum Gasteiger partial charge on any atom is 0.338 e. The van der Waals surface area contributed by atoms with Crippen molar-refractivity contribution in [2.24, 2.45) is 4.99 Å². The van der Waals surface area contributed by atoms with Crippen LogP contribution in [0.3, 0.4) is 0 Å². The summed E-state index contributed by atoms with van der Waals surface area (Å²) in [6.45, 7) is 1.86. The van der Waals surface area contributed by atoms with Gasteiger partial charge >= 0.3 is 5.97 Å². The van der Waals surface area contributed by atoms with E-state index in [1.807, 2.05) is 49.6 Å². The van der Waals surface area contributed by atoms with Gasteiger partial charge in [0.1, 0.15) is 11.8 Å². The van der Waals surface area contributed by atoms with E-state index < -0.39 is 12.0 Å². The first-order valence-corrected chi connectivity index (χ1v) is 9.06. The van der Waals surface area contributed by atoms with Gasteiger partial charge in [0, 0.05) is 11.3 Å². The molecular formula is C19H20N2O3S. The monoisotopic (exact) mass is 356 g/mol. The third-order valence-electron chi connectivity index (χ3n) is 4.24. The third-order valence-corrected chi connectivity index (χ3v) is 4.84. The van der Waals surface area contributed by atoms with Crippen LogP contribution in [0.2, 0.25) is 0 Å². The van der Waals surface area contributed by atoms with Crippen molar-refractivity contribution in [2.75, 3.05) is 20.5 Å². The first-order chi connectivity index (χ1) is 12.1. The van der Waals surface area contributed by atoms with E-state index in [9.17, 15) is 4.79 Å². The number of carbonyl (C=O) groups excluding carboxylic acids is 1. The third kappa shape index (κ3) is 3.09. The van der Waals surface area contributed by atoms with E-state index >= 15 is 0 Å². The Hall–Kier alpha value is -2.47. The van der Waals surface area contributed by atoms with Crippen molar-refractivity contribution >= 4 is 33.7 Å². The second-order valence-corrected chi connectivity index (χ2v) is 6.39. The van der Waals surface area contributed by atoms with Crippen LogP contribution in [-0.4, -0.2) is 31.6 Å². The lowest BCUT2D eigenvalue weighted by Crippen LogP contribution is -2.30. The molecule has 1 heterocycles. The Labute approximate surface area is 151 Å². The summed E-state index contributed by atoms with van der Waals surface area (Å²) in [4.78, 5) is 17.2. The van der Waals surface area contributed by atoms with Gasteiger partial charge in [0.15, 0.2) is 5.17 Å². The molecule has 1 N–H and O–H groups in total. The molecule has 1 atom stereocenters. The average molecular weight is 356 g/mol. The van der Waals surface area contributed by atoms with E-state index in [0.29, 0.717) is 11.3 Å². The van der Waals surface area contributed by atoms with E-state index in [4.69, 9.17) is 14.5 Å².